The van der Waals surface area contributed by atoms with Crippen LogP contribution >= 0.6 is 15.9 Å². The van der Waals surface area contributed by atoms with E-state index in [1.165, 1.54) is 6.21 Å². The first kappa shape index (κ1) is 22.3. The van der Waals surface area contributed by atoms with Crippen LogP contribution in [0.5, 0.6) is 11.5 Å². The third-order valence-electron chi connectivity index (χ3n) is 4.39. The molecule has 0 bridgehead atoms. The van der Waals surface area contributed by atoms with Gasteiger partial charge in [-0.2, -0.15) is 5.10 Å². The number of carboxylic acids is 1. The lowest BCUT2D eigenvalue weighted by Crippen LogP contribution is -2.35. The molecule has 0 aliphatic rings. The third kappa shape index (κ3) is 6.05. The van der Waals surface area contributed by atoms with E-state index in [1.807, 2.05) is 43.3 Å². The van der Waals surface area contributed by atoms with Crippen molar-refractivity contribution in [2.24, 2.45) is 5.10 Å². The molecule has 3 rings (SSSR count). The molecule has 3 aromatic carbocycles. The zero-order chi connectivity index (χ0) is 22.2. The Bertz CT molecular complexity index is 1100. The molecule has 0 aliphatic heterocycles. The first-order valence-corrected chi connectivity index (χ1v) is 10.4. The van der Waals surface area contributed by atoms with E-state index in [-0.39, 0.29) is 5.91 Å². The van der Waals surface area contributed by atoms with Gasteiger partial charge in [0.1, 0.15) is 11.5 Å². The molecular weight excluding hydrogens is 464 g/mol. The highest BCUT2D eigenvalue weighted by Crippen LogP contribution is 2.33. The summed E-state index contributed by atoms with van der Waals surface area (Å²) in [6, 6.07) is 18.3. The number of hydrazone groups is 1. The van der Waals surface area contributed by atoms with E-state index in [0.717, 1.165) is 15.2 Å². The van der Waals surface area contributed by atoms with Gasteiger partial charge in [0, 0.05) is 0 Å². The molecule has 3 aromatic rings. The van der Waals surface area contributed by atoms with Crippen LogP contribution in [0.15, 0.2) is 70.2 Å². The number of nitrogens with zero attached hydrogens (tertiary/aromatic N) is 1. The number of carboxylic acid groups (broad SMARTS) is 1. The molecule has 0 saturated heterocycles. The highest BCUT2D eigenvalue weighted by molar-refractivity contribution is 9.10. The maximum absolute atomic E-state index is 12.5. The number of fused-ring (bicyclic) bond motifs is 1. The number of nitrogens with one attached hydrogen (secondary N) is 1. The lowest BCUT2D eigenvalue weighted by molar-refractivity contribution is -0.139. The molecule has 160 valence electrons. The summed E-state index contributed by atoms with van der Waals surface area (Å²) in [4.78, 5) is 23.0. The maximum atomic E-state index is 12.5. The Balaban J connectivity index is 1.60. The standard InChI is InChI=1S/C23H21BrN2O5/c1-2-19(31-20-12-9-16-5-3-4-6-18(16)22(20)24)23(29)26-25-13-15-7-10-17(11-8-15)30-14-21(27)28/h3-13,19H,2,14H2,1H3,(H,26,29)(H,27,28). The summed E-state index contributed by atoms with van der Waals surface area (Å²) >= 11 is 3.57. The Kier molecular flexibility index (Phi) is 7.61. The lowest BCUT2D eigenvalue weighted by Gasteiger charge is -2.17. The molecule has 0 aliphatic carbocycles. The second kappa shape index (κ2) is 10.6. The first-order chi connectivity index (χ1) is 15.0. The van der Waals surface area contributed by atoms with Crippen molar-refractivity contribution in [1.82, 2.24) is 5.43 Å². The average Bonchev–Trinajstić information content (AvgIpc) is 2.78. The molecule has 0 saturated carbocycles. The Hall–Kier alpha value is -3.39. The second-order valence-corrected chi connectivity index (χ2v) is 7.39. The zero-order valence-corrected chi connectivity index (χ0v) is 18.3. The van der Waals surface area contributed by atoms with Crippen LogP contribution in [-0.2, 0) is 9.59 Å². The van der Waals surface area contributed by atoms with Crippen molar-refractivity contribution in [2.75, 3.05) is 6.61 Å². The van der Waals surface area contributed by atoms with Gasteiger partial charge in [-0.15, -0.1) is 0 Å². The first-order valence-electron chi connectivity index (χ1n) is 9.59. The minimum absolute atomic E-state index is 0.361. The molecule has 1 atom stereocenters. The van der Waals surface area contributed by atoms with Crippen molar-refractivity contribution in [3.63, 3.8) is 0 Å². The monoisotopic (exact) mass is 484 g/mol. The summed E-state index contributed by atoms with van der Waals surface area (Å²) in [6.07, 6.45) is 1.25. The van der Waals surface area contributed by atoms with Crippen molar-refractivity contribution in [3.05, 3.63) is 70.7 Å². The summed E-state index contributed by atoms with van der Waals surface area (Å²) in [5.41, 5.74) is 3.21. The molecule has 0 radical (unpaired) electrons. The molecular formula is C23H21BrN2O5. The Morgan fingerprint density at radius 2 is 1.87 bits per heavy atom. The SMILES string of the molecule is CCC(Oc1ccc2ccccc2c1Br)C(=O)NN=Cc1ccc(OCC(=O)O)cc1. The molecule has 31 heavy (non-hydrogen) atoms. The van der Waals surface area contributed by atoms with E-state index in [0.29, 0.717) is 23.5 Å². The third-order valence-corrected chi connectivity index (χ3v) is 5.21. The molecule has 0 fully saturated rings. The fourth-order valence-electron chi connectivity index (χ4n) is 2.82. The van der Waals surface area contributed by atoms with E-state index >= 15 is 0 Å². The number of ether oxygens (including phenoxy) is 2. The normalized spacial score (nSPS) is 11.9. The van der Waals surface area contributed by atoms with Crippen LogP contribution in [0.3, 0.4) is 0 Å². The maximum Gasteiger partial charge on any atom is 0.341 e. The Morgan fingerprint density at radius 1 is 1.13 bits per heavy atom. The van der Waals surface area contributed by atoms with E-state index in [1.54, 1.807) is 24.3 Å². The predicted molar refractivity (Wildman–Crippen MR) is 122 cm³/mol. The molecule has 1 amide bonds. The van der Waals surface area contributed by atoms with Crippen molar-refractivity contribution < 1.29 is 24.2 Å². The number of rotatable bonds is 9. The average molecular weight is 485 g/mol. The molecule has 0 heterocycles. The van der Waals surface area contributed by atoms with E-state index in [9.17, 15) is 9.59 Å². The van der Waals surface area contributed by atoms with E-state index in [4.69, 9.17) is 14.6 Å². The van der Waals surface area contributed by atoms with Gasteiger partial charge in [0.25, 0.3) is 5.91 Å². The number of benzene rings is 3. The van der Waals surface area contributed by atoms with Crippen LogP contribution in [-0.4, -0.2) is 35.9 Å². The summed E-state index contributed by atoms with van der Waals surface area (Å²) in [6.45, 7) is 1.45. The van der Waals surface area contributed by atoms with Gasteiger partial charge in [-0.1, -0.05) is 37.3 Å². The number of carbonyl (C=O) groups is 2. The van der Waals surface area contributed by atoms with Crippen LogP contribution in [0.25, 0.3) is 10.8 Å². The minimum Gasteiger partial charge on any atom is -0.482 e. The number of aliphatic carboxylic acids is 1. The number of hydrogen-bond acceptors (Lipinski definition) is 5. The second-order valence-electron chi connectivity index (χ2n) is 6.60. The van der Waals surface area contributed by atoms with Crippen LogP contribution in [0, 0.1) is 0 Å². The molecule has 1 unspecified atom stereocenters. The van der Waals surface area contributed by atoms with Gasteiger partial charge in [0.15, 0.2) is 12.7 Å². The number of halogens is 1. The van der Waals surface area contributed by atoms with Crippen molar-refractivity contribution >= 4 is 44.8 Å². The molecule has 8 heteroatoms. The lowest BCUT2D eigenvalue weighted by atomic mass is 10.1. The minimum atomic E-state index is -1.04. The van der Waals surface area contributed by atoms with Crippen molar-refractivity contribution in [2.45, 2.75) is 19.4 Å². The van der Waals surface area contributed by atoms with Gasteiger partial charge >= 0.3 is 5.97 Å². The van der Waals surface area contributed by atoms with Gasteiger partial charge in [0.2, 0.25) is 0 Å². The summed E-state index contributed by atoms with van der Waals surface area (Å²) in [5.74, 6) is -0.386. The fraction of sp³-hybridized carbons (Fsp3) is 0.174. The summed E-state index contributed by atoms with van der Waals surface area (Å²) in [5, 5.41) is 14.7. The van der Waals surface area contributed by atoms with Crippen LogP contribution in [0.2, 0.25) is 0 Å². The Labute approximate surface area is 187 Å². The molecule has 2 N–H and O–H groups in total. The summed E-state index contributed by atoms with van der Waals surface area (Å²) in [7, 11) is 0. The molecule has 7 nitrogen and oxygen atoms in total. The van der Waals surface area contributed by atoms with E-state index < -0.39 is 18.7 Å². The van der Waals surface area contributed by atoms with E-state index in [2.05, 4.69) is 26.5 Å². The van der Waals surface area contributed by atoms with Gasteiger partial charge < -0.3 is 14.6 Å². The predicted octanol–water partition coefficient (Wildman–Crippen LogP) is 4.37. The zero-order valence-electron chi connectivity index (χ0n) is 16.7. The van der Waals surface area contributed by atoms with Crippen LogP contribution in [0.4, 0.5) is 0 Å². The largest absolute Gasteiger partial charge is 0.482 e. The summed E-state index contributed by atoms with van der Waals surface area (Å²) < 4.78 is 11.8. The van der Waals surface area contributed by atoms with Crippen molar-refractivity contribution in [1.29, 1.82) is 0 Å². The van der Waals surface area contributed by atoms with Crippen molar-refractivity contribution in [3.8, 4) is 11.5 Å². The highest BCUT2D eigenvalue weighted by Gasteiger charge is 2.19. The quantitative estimate of drug-likeness (QED) is 0.347. The Morgan fingerprint density at radius 3 is 2.58 bits per heavy atom. The topological polar surface area (TPSA) is 97.2 Å². The fourth-order valence-corrected chi connectivity index (χ4v) is 3.40. The number of amides is 1. The smallest absolute Gasteiger partial charge is 0.341 e. The van der Waals surface area contributed by atoms with Gasteiger partial charge in [-0.25, -0.2) is 10.2 Å². The number of hydrogen-bond donors (Lipinski definition) is 2. The number of carbonyl (C=O) groups excluding carboxylic acids is 1. The van der Waals surface area contributed by atoms with Gasteiger partial charge in [-0.3, -0.25) is 4.79 Å². The molecule has 0 spiro atoms. The molecule has 0 aromatic heterocycles. The van der Waals surface area contributed by atoms with Gasteiger partial charge in [0.05, 0.1) is 10.7 Å². The van der Waals surface area contributed by atoms with Crippen LogP contribution in [0.1, 0.15) is 18.9 Å². The highest BCUT2D eigenvalue weighted by atomic mass is 79.9. The van der Waals surface area contributed by atoms with Gasteiger partial charge in [-0.05, 0) is 69.0 Å². The van der Waals surface area contributed by atoms with Crippen LogP contribution < -0.4 is 14.9 Å².